The number of rotatable bonds is 4. The number of hydrogen-bond acceptors (Lipinski definition) is 3. The van der Waals surface area contributed by atoms with Gasteiger partial charge in [0.1, 0.15) is 23.1 Å². The van der Waals surface area contributed by atoms with Gasteiger partial charge in [0.05, 0.1) is 12.1 Å². The Balaban J connectivity index is 2.50. The number of aryl methyl sites for hydroxylation is 1. The Morgan fingerprint density at radius 3 is 2.84 bits per heavy atom. The molecule has 0 bridgehead atoms. The molecule has 1 aromatic carbocycles. The van der Waals surface area contributed by atoms with Gasteiger partial charge in [0.2, 0.25) is 0 Å². The van der Waals surface area contributed by atoms with E-state index in [1.54, 1.807) is 25.3 Å². The van der Waals surface area contributed by atoms with Crippen molar-refractivity contribution < 1.29 is 4.74 Å². The van der Waals surface area contributed by atoms with Crippen molar-refractivity contribution >= 4 is 17.4 Å². The van der Waals surface area contributed by atoms with Crippen LogP contribution in [0.4, 0.5) is 5.82 Å². The first kappa shape index (κ1) is 13.5. The Hall–Kier alpha value is -1.94. The number of benzene rings is 1. The minimum absolute atomic E-state index is 0.537. The SMILES string of the molecule is C=CCn1c(C)nc(-c2ccc(OC)c(Cl)c2)c1N. The second-order valence-corrected chi connectivity index (χ2v) is 4.55. The van der Waals surface area contributed by atoms with E-state index < -0.39 is 0 Å². The zero-order chi connectivity index (χ0) is 14.0. The van der Waals surface area contributed by atoms with E-state index >= 15 is 0 Å². The summed E-state index contributed by atoms with van der Waals surface area (Å²) in [4.78, 5) is 4.49. The van der Waals surface area contributed by atoms with E-state index in [0.717, 1.165) is 17.1 Å². The van der Waals surface area contributed by atoms with Gasteiger partial charge >= 0.3 is 0 Å². The smallest absolute Gasteiger partial charge is 0.137 e. The van der Waals surface area contributed by atoms with Gasteiger partial charge in [-0.25, -0.2) is 4.98 Å². The molecule has 0 aliphatic rings. The maximum atomic E-state index is 6.12. The standard InChI is InChI=1S/C14H16ClN3O/c1-4-7-18-9(2)17-13(14(18)16)10-5-6-12(19-3)11(15)8-10/h4-6,8H,1,7,16H2,2-3H3. The first-order valence-electron chi connectivity index (χ1n) is 5.86. The summed E-state index contributed by atoms with van der Waals surface area (Å²) in [5.74, 6) is 2.09. The van der Waals surface area contributed by atoms with Crippen molar-refractivity contribution in [3.05, 3.63) is 41.7 Å². The quantitative estimate of drug-likeness (QED) is 0.873. The lowest BCUT2D eigenvalue weighted by Gasteiger charge is -2.06. The highest BCUT2D eigenvalue weighted by atomic mass is 35.5. The van der Waals surface area contributed by atoms with Gasteiger partial charge < -0.3 is 15.0 Å². The van der Waals surface area contributed by atoms with Crippen molar-refractivity contribution in [2.24, 2.45) is 0 Å². The van der Waals surface area contributed by atoms with Crippen molar-refractivity contribution in [3.8, 4) is 17.0 Å². The third-order valence-electron chi connectivity index (χ3n) is 2.93. The van der Waals surface area contributed by atoms with Crippen LogP contribution in [0.2, 0.25) is 5.02 Å². The topological polar surface area (TPSA) is 53.1 Å². The fraction of sp³-hybridized carbons (Fsp3) is 0.214. The van der Waals surface area contributed by atoms with Gasteiger partial charge in [0.15, 0.2) is 0 Å². The fourth-order valence-corrected chi connectivity index (χ4v) is 2.22. The van der Waals surface area contributed by atoms with Gasteiger partial charge in [-0.05, 0) is 25.1 Å². The lowest BCUT2D eigenvalue weighted by Crippen LogP contribution is -2.03. The fourth-order valence-electron chi connectivity index (χ4n) is 1.97. The van der Waals surface area contributed by atoms with E-state index in [1.807, 2.05) is 17.6 Å². The number of aromatic nitrogens is 2. The Labute approximate surface area is 117 Å². The molecule has 0 saturated carbocycles. The van der Waals surface area contributed by atoms with Gasteiger partial charge in [-0.15, -0.1) is 6.58 Å². The van der Waals surface area contributed by atoms with E-state index in [2.05, 4.69) is 11.6 Å². The summed E-state index contributed by atoms with van der Waals surface area (Å²) in [5.41, 5.74) is 7.72. The minimum atomic E-state index is 0.537. The second kappa shape index (κ2) is 5.36. The summed E-state index contributed by atoms with van der Waals surface area (Å²) in [6, 6.07) is 5.50. The summed E-state index contributed by atoms with van der Waals surface area (Å²) < 4.78 is 7.03. The molecule has 19 heavy (non-hydrogen) atoms. The van der Waals surface area contributed by atoms with E-state index in [4.69, 9.17) is 22.1 Å². The van der Waals surface area contributed by atoms with Crippen LogP contribution in [0.5, 0.6) is 5.75 Å². The number of hydrogen-bond donors (Lipinski definition) is 1. The number of halogens is 1. The molecule has 0 radical (unpaired) electrons. The van der Waals surface area contributed by atoms with E-state index in [1.165, 1.54) is 0 Å². The van der Waals surface area contributed by atoms with Crippen LogP contribution >= 0.6 is 11.6 Å². The molecule has 0 aliphatic carbocycles. The molecule has 0 atom stereocenters. The predicted molar refractivity (Wildman–Crippen MR) is 78.6 cm³/mol. The van der Waals surface area contributed by atoms with Gasteiger partial charge in [0, 0.05) is 12.1 Å². The Bertz CT molecular complexity index is 619. The molecule has 2 N–H and O–H groups in total. The van der Waals surface area contributed by atoms with E-state index in [9.17, 15) is 0 Å². The summed E-state index contributed by atoms with van der Waals surface area (Å²) in [5, 5.41) is 0.537. The number of anilines is 1. The van der Waals surface area contributed by atoms with Crippen LogP contribution in [-0.4, -0.2) is 16.7 Å². The second-order valence-electron chi connectivity index (χ2n) is 4.14. The minimum Gasteiger partial charge on any atom is -0.495 e. The molecule has 0 amide bonds. The first-order chi connectivity index (χ1) is 9.08. The third kappa shape index (κ3) is 2.44. The summed E-state index contributed by atoms with van der Waals surface area (Å²) in [6.07, 6.45) is 1.79. The van der Waals surface area contributed by atoms with Gasteiger partial charge in [0.25, 0.3) is 0 Å². The lowest BCUT2D eigenvalue weighted by molar-refractivity contribution is 0.415. The van der Waals surface area contributed by atoms with Crippen LogP contribution in [0, 0.1) is 6.92 Å². The highest BCUT2D eigenvalue weighted by molar-refractivity contribution is 6.32. The van der Waals surface area contributed by atoms with Crippen molar-refractivity contribution in [2.75, 3.05) is 12.8 Å². The molecule has 5 heteroatoms. The molecule has 0 unspecified atom stereocenters. The van der Waals surface area contributed by atoms with Crippen LogP contribution in [0.1, 0.15) is 5.82 Å². The van der Waals surface area contributed by atoms with Crippen LogP contribution in [0.3, 0.4) is 0 Å². The number of allylic oxidation sites excluding steroid dienone is 1. The molecule has 0 aliphatic heterocycles. The number of ether oxygens (including phenoxy) is 1. The largest absolute Gasteiger partial charge is 0.495 e. The molecule has 4 nitrogen and oxygen atoms in total. The van der Waals surface area contributed by atoms with Crippen LogP contribution in [0.25, 0.3) is 11.3 Å². The van der Waals surface area contributed by atoms with Gasteiger partial charge in [-0.3, -0.25) is 0 Å². The Morgan fingerprint density at radius 1 is 1.53 bits per heavy atom. The number of nitrogens with zero attached hydrogens (tertiary/aromatic N) is 2. The molecule has 0 saturated heterocycles. The summed E-state index contributed by atoms with van der Waals surface area (Å²) in [7, 11) is 1.58. The zero-order valence-electron chi connectivity index (χ0n) is 11.0. The molecular formula is C14H16ClN3O. The molecular weight excluding hydrogens is 262 g/mol. The molecule has 1 aromatic heterocycles. The van der Waals surface area contributed by atoms with Crippen LogP contribution in [-0.2, 0) is 6.54 Å². The van der Waals surface area contributed by atoms with Crippen molar-refractivity contribution in [3.63, 3.8) is 0 Å². The number of nitrogen functional groups attached to an aromatic ring is 1. The maximum absolute atomic E-state index is 6.12. The first-order valence-corrected chi connectivity index (χ1v) is 6.23. The molecule has 1 heterocycles. The predicted octanol–water partition coefficient (Wildman–Crippen LogP) is 3.29. The zero-order valence-corrected chi connectivity index (χ0v) is 11.7. The van der Waals surface area contributed by atoms with Crippen molar-refractivity contribution in [1.82, 2.24) is 9.55 Å². The van der Waals surface area contributed by atoms with Crippen molar-refractivity contribution in [1.29, 1.82) is 0 Å². The average Bonchev–Trinajstić information content (AvgIpc) is 2.67. The molecule has 0 fully saturated rings. The van der Waals surface area contributed by atoms with E-state index in [0.29, 0.717) is 23.1 Å². The van der Waals surface area contributed by atoms with E-state index in [-0.39, 0.29) is 0 Å². The number of imidazole rings is 1. The number of methoxy groups -OCH3 is 1. The van der Waals surface area contributed by atoms with Crippen LogP contribution in [0.15, 0.2) is 30.9 Å². The lowest BCUT2D eigenvalue weighted by atomic mass is 10.1. The Morgan fingerprint density at radius 2 is 2.26 bits per heavy atom. The Kier molecular flexibility index (Phi) is 3.81. The highest BCUT2D eigenvalue weighted by Crippen LogP contribution is 2.32. The monoisotopic (exact) mass is 277 g/mol. The van der Waals surface area contributed by atoms with Gasteiger partial charge in [-0.2, -0.15) is 0 Å². The molecule has 2 rings (SSSR count). The molecule has 2 aromatic rings. The van der Waals surface area contributed by atoms with Gasteiger partial charge in [-0.1, -0.05) is 17.7 Å². The molecule has 0 spiro atoms. The average molecular weight is 278 g/mol. The summed E-state index contributed by atoms with van der Waals surface area (Å²) >= 11 is 6.12. The maximum Gasteiger partial charge on any atom is 0.137 e. The third-order valence-corrected chi connectivity index (χ3v) is 3.23. The normalized spacial score (nSPS) is 10.5. The highest BCUT2D eigenvalue weighted by Gasteiger charge is 2.14. The van der Waals surface area contributed by atoms with Crippen molar-refractivity contribution in [2.45, 2.75) is 13.5 Å². The molecule has 100 valence electrons. The number of nitrogens with two attached hydrogens (primary N) is 1. The summed E-state index contributed by atoms with van der Waals surface area (Å²) in [6.45, 7) is 6.26. The van der Waals surface area contributed by atoms with Crippen LogP contribution < -0.4 is 10.5 Å².